The van der Waals surface area contributed by atoms with Crippen LogP contribution in [0.5, 0.6) is 0 Å². The van der Waals surface area contributed by atoms with Gasteiger partial charge < -0.3 is 14.2 Å². The van der Waals surface area contributed by atoms with Gasteiger partial charge in [-0.05, 0) is 19.3 Å². The van der Waals surface area contributed by atoms with Gasteiger partial charge in [-0.25, -0.2) is 4.79 Å². The Morgan fingerprint density at radius 2 is 2.04 bits per heavy atom. The number of hydrogen-bond acceptors (Lipinski definition) is 6. The Bertz CT molecular complexity index is 611. The maximum Gasteiger partial charge on any atom is 0.334 e. The topological polar surface area (TPSA) is 78.9 Å². The number of ketones is 1. The number of ether oxygens (including phenoxy) is 3. The molecule has 7 atom stereocenters. The van der Waals surface area contributed by atoms with E-state index in [4.69, 9.17) is 14.2 Å². The van der Waals surface area contributed by atoms with E-state index in [1.165, 1.54) is 6.92 Å². The second kappa shape index (κ2) is 5.69. The van der Waals surface area contributed by atoms with Gasteiger partial charge in [-0.2, -0.15) is 0 Å². The first-order valence-electron chi connectivity index (χ1n) is 8.34. The van der Waals surface area contributed by atoms with Crippen LogP contribution in [0.25, 0.3) is 0 Å². The molecule has 1 aliphatic heterocycles. The lowest BCUT2D eigenvalue weighted by Crippen LogP contribution is -2.49. The molecular formula is C18H24O6. The molecule has 132 valence electrons. The van der Waals surface area contributed by atoms with Crippen molar-refractivity contribution < 1.29 is 28.6 Å². The molecular weight excluding hydrogens is 312 g/mol. The predicted molar refractivity (Wildman–Crippen MR) is 83.9 cm³/mol. The number of carbonyl (C=O) groups excluding carboxylic acids is 3. The summed E-state index contributed by atoms with van der Waals surface area (Å²) in [6.07, 6.45) is -0.518. The maximum atomic E-state index is 12.9. The van der Waals surface area contributed by atoms with Crippen molar-refractivity contribution in [2.45, 2.75) is 51.9 Å². The van der Waals surface area contributed by atoms with Gasteiger partial charge in [-0.3, -0.25) is 9.59 Å². The van der Waals surface area contributed by atoms with E-state index in [0.717, 1.165) is 0 Å². The van der Waals surface area contributed by atoms with E-state index in [2.05, 4.69) is 6.58 Å². The molecule has 3 aliphatic rings. The lowest BCUT2D eigenvalue weighted by atomic mass is 9.67. The molecule has 2 saturated carbocycles. The van der Waals surface area contributed by atoms with Gasteiger partial charge in [0.05, 0.1) is 17.4 Å². The molecule has 0 spiro atoms. The second-order valence-corrected chi connectivity index (χ2v) is 7.45. The first-order valence-corrected chi connectivity index (χ1v) is 8.34. The largest absolute Gasteiger partial charge is 0.461 e. The molecule has 0 aromatic rings. The molecule has 0 aromatic heterocycles. The molecule has 6 heteroatoms. The quantitative estimate of drug-likeness (QED) is 0.564. The van der Waals surface area contributed by atoms with Gasteiger partial charge in [-0.15, -0.1) is 0 Å². The van der Waals surface area contributed by atoms with E-state index >= 15 is 0 Å². The smallest absolute Gasteiger partial charge is 0.334 e. The van der Waals surface area contributed by atoms with Crippen LogP contribution >= 0.6 is 0 Å². The van der Waals surface area contributed by atoms with Crippen LogP contribution in [0.3, 0.4) is 0 Å². The molecule has 1 saturated heterocycles. The fraction of sp³-hybridized carbons (Fsp3) is 0.722. The zero-order valence-electron chi connectivity index (χ0n) is 14.5. The first-order chi connectivity index (χ1) is 11.2. The summed E-state index contributed by atoms with van der Waals surface area (Å²) < 4.78 is 16.7. The Labute approximate surface area is 141 Å². The number of fused-ring (bicyclic) bond motifs is 2. The summed E-state index contributed by atoms with van der Waals surface area (Å²) in [6.45, 7) is 9.03. The van der Waals surface area contributed by atoms with Crippen LogP contribution in [-0.4, -0.2) is 43.1 Å². The summed E-state index contributed by atoms with van der Waals surface area (Å²) in [5.74, 6) is -1.45. The van der Waals surface area contributed by atoms with Crippen LogP contribution in [0, 0.1) is 23.2 Å². The Kier molecular flexibility index (Phi) is 4.06. The Hall–Kier alpha value is -1.69. The van der Waals surface area contributed by atoms with Crippen molar-refractivity contribution in [1.29, 1.82) is 0 Å². The molecule has 0 amide bonds. The zero-order chi connectivity index (χ0) is 17.8. The summed E-state index contributed by atoms with van der Waals surface area (Å²) >= 11 is 0. The van der Waals surface area contributed by atoms with E-state index in [9.17, 15) is 14.4 Å². The van der Waals surface area contributed by atoms with Crippen molar-refractivity contribution >= 4 is 17.7 Å². The Morgan fingerprint density at radius 1 is 1.38 bits per heavy atom. The van der Waals surface area contributed by atoms with Gasteiger partial charge in [0, 0.05) is 31.9 Å². The fourth-order valence-corrected chi connectivity index (χ4v) is 5.12. The highest BCUT2D eigenvalue weighted by molar-refractivity contribution is 5.93. The van der Waals surface area contributed by atoms with Crippen molar-refractivity contribution in [1.82, 2.24) is 0 Å². The van der Waals surface area contributed by atoms with E-state index in [1.807, 2.05) is 13.8 Å². The van der Waals surface area contributed by atoms with E-state index < -0.39 is 35.5 Å². The predicted octanol–water partition coefficient (Wildman–Crippen LogP) is 1.67. The van der Waals surface area contributed by atoms with Crippen LogP contribution in [0.1, 0.15) is 33.6 Å². The number of Topliss-reactive ketones (excluding diaryl/α,β-unsaturated/α-hetero) is 1. The van der Waals surface area contributed by atoms with Gasteiger partial charge in [0.25, 0.3) is 0 Å². The third-order valence-electron chi connectivity index (χ3n) is 6.13. The Balaban J connectivity index is 2.13. The summed E-state index contributed by atoms with van der Waals surface area (Å²) in [7, 11) is 1.60. The number of hydrogen-bond donors (Lipinski definition) is 0. The zero-order valence-corrected chi connectivity index (χ0v) is 14.5. The SMILES string of the molecule is C=C1C(=O)O[C@@H]2C[C@@H](C)[C@@H]3[C@@H](OC)CC(=O)[C@@]3(C)[C@@H](OC(C)=O)[C@H]12. The van der Waals surface area contributed by atoms with Gasteiger partial charge in [0.1, 0.15) is 18.0 Å². The molecule has 24 heavy (non-hydrogen) atoms. The highest BCUT2D eigenvalue weighted by Crippen LogP contribution is 2.57. The van der Waals surface area contributed by atoms with E-state index in [0.29, 0.717) is 12.8 Å². The normalized spacial score (nSPS) is 44.6. The first kappa shape index (κ1) is 17.1. The molecule has 3 rings (SSSR count). The van der Waals surface area contributed by atoms with Crippen LogP contribution < -0.4 is 0 Å². The molecule has 0 bridgehead atoms. The van der Waals surface area contributed by atoms with Crippen molar-refractivity contribution in [2.24, 2.45) is 23.2 Å². The summed E-state index contributed by atoms with van der Waals surface area (Å²) in [5.41, 5.74) is -0.628. The minimum atomic E-state index is -0.915. The van der Waals surface area contributed by atoms with E-state index in [-0.39, 0.29) is 29.3 Å². The number of rotatable bonds is 2. The van der Waals surface area contributed by atoms with Crippen LogP contribution in [-0.2, 0) is 28.6 Å². The fourth-order valence-electron chi connectivity index (χ4n) is 5.12. The molecule has 2 aliphatic carbocycles. The summed E-state index contributed by atoms with van der Waals surface area (Å²) in [4.78, 5) is 36.7. The molecule has 0 N–H and O–H groups in total. The van der Waals surface area contributed by atoms with Crippen molar-refractivity contribution in [3.05, 3.63) is 12.2 Å². The average molecular weight is 336 g/mol. The summed E-state index contributed by atoms with van der Waals surface area (Å²) in [5, 5.41) is 0. The van der Waals surface area contributed by atoms with Gasteiger partial charge >= 0.3 is 11.9 Å². The monoisotopic (exact) mass is 336 g/mol. The number of methoxy groups -OCH3 is 1. The standard InChI is InChI=1S/C18H24O6/c1-8-6-11-14(9(2)17(21)24-11)16(23-10(3)19)18(4)13(20)7-12(22-5)15(8)18/h8,11-12,14-16H,2,6-7H2,1,3-5H3/t8-,11-,12+,14-,15-,16+,18-/m1/s1. The van der Waals surface area contributed by atoms with Crippen molar-refractivity contribution in [3.63, 3.8) is 0 Å². The molecule has 1 heterocycles. The number of esters is 2. The lowest BCUT2D eigenvalue weighted by Gasteiger charge is -2.40. The maximum absolute atomic E-state index is 12.9. The lowest BCUT2D eigenvalue weighted by molar-refractivity contribution is -0.164. The van der Waals surface area contributed by atoms with Crippen LogP contribution in [0.15, 0.2) is 12.2 Å². The third-order valence-corrected chi connectivity index (χ3v) is 6.13. The molecule has 3 fully saturated rings. The number of carbonyl (C=O) groups is 3. The van der Waals surface area contributed by atoms with Crippen molar-refractivity contribution in [2.75, 3.05) is 7.11 Å². The highest BCUT2D eigenvalue weighted by Gasteiger charge is 2.65. The van der Waals surface area contributed by atoms with Crippen LogP contribution in [0.4, 0.5) is 0 Å². The van der Waals surface area contributed by atoms with Gasteiger partial charge in [-0.1, -0.05) is 13.5 Å². The average Bonchev–Trinajstić information content (AvgIpc) is 2.89. The minimum absolute atomic E-state index is 0.00486. The van der Waals surface area contributed by atoms with Crippen LogP contribution in [0.2, 0.25) is 0 Å². The molecule has 0 unspecified atom stereocenters. The molecule has 6 nitrogen and oxygen atoms in total. The van der Waals surface area contributed by atoms with Gasteiger partial charge in [0.15, 0.2) is 0 Å². The summed E-state index contributed by atoms with van der Waals surface area (Å²) in [6, 6.07) is 0. The van der Waals surface area contributed by atoms with E-state index in [1.54, 1.807) is 7.11 Å². The molecule has 0 radical (unpaired) electrons. The molecule has 0 aromatic carbocycles. The third kappa shape index (κ3) is 2.23. The van der Waals surface area contributed by atoms with Gasteiger partial charge in [0.2, 0.25) is 0 Å². The minimum Gasteiger partial charge on any atom is -0.461 e. The highest BCUT2D eigenvalue weighted by atomic mass is 16.6. The second-order valence-electron chi connectivity index (χ2n) is 7.45. The van der Waals surface area contributed by atoms with Crippen molar-refractivity contribution in [3.8, 4) is 0 Å². The Morgan fingerprint density at radius 3 is 2.62 bits per heavy atom.